The number of anilines is 1. The third kappa shape index (κ3) is 9.20. The molecule has 226 valence electrons. The van der Waals surface area contributed by atoms with Crippen LogP contribution < -0.4 is 9.62 Å². The van der Waals surface area contributed by atoms with E-state index in [1.54, 1.807) is 48.5 Å². The Balaban J connectivity index is 2.08. The van der Waals surface area contributed by atoms with Crippen LogP contribution in [0.2, 0.25) is 5.02 Å². The summed E-state index contributed by atoms with van der Waals surface area (Å²) in [7, 11) is -4.25. The van der Waals surface area contributed by atoms with Crippen molar-refractivity contribution in [2.75, 3.05) is 23.7 Å². The van der Waals surface area contributed by atoms with Gasteiger partial charge in [0, 0.05) is 24.0 Å². The Morgan fingerprint density at radius 1 is 1.00 bits per heavy atom. The number of nitrogens with zero attached hydrogens (tertiary/aromatic N) is 2. The Hall–Kier alpha value is -3.09. The summed E-state index contributed by atoms with van der Waals surface area (Å²) < 4.78 is 67.8. The quantitative estimate of drug-likeness (QED) is 0.251. The third-order valence-corrected chi connectivity index (χ3v) is 8.31. The fourth-order valence-electron chi connectivity index (χ4n) is 4.21. The van der Waals surface area contributed by atoms with Crippen molar-refractivity contribution in [2.24, 2.45) is 0 Å². The van der Waals surface area contributed by atoms with Crippen LogP contribution in [-0.2, 0) is 38.8 Å². The van der Waals surface area contributed by atoms with Gasteiger partial charge in [0.25, 0.3) is 0 Å². The lowest BCUT2D eigenvalue weighted by atomic mass is 10.0. The molecule has 3 aromatic rings. The number of halogens is 5. The smallest absolute Gasteiger partial charge is 0.354 e. The third-order valence-electron chi connectivity index (χ3n) is 6.31. The lowest BCUT2D eigenvalue weighted by molar-refractivity contribution is -0.140. The number of hydrogen-bond donors (Lipinski definition) is 1. The monoisotopic (exact) mass is 687 g/mol. The lowest BCUT2D eigenvalue weighted by Gasteiger charge is -2.33. The van der Waals surface area contributed by atoms with Crippen molar-refractivity contribution in [3.63, 3.8) is 0 Å². The van der Waals surface area contributed by atoms with E-state index < -0.39 is 51.2 Å². The van der Waals surface area contributed by atoms with E-state index in [0.717, 1.165) is 28.4 Å². The molecule has 0 saturated heterocycles. The van der Waals surface area contributed by atoms with Gasteiger partial charge in [-0.15, -0.1) is 0 Å². The number of alkyl halides is 3. The number of hydrogen-bond acceptors (Lipinski definition) is 4. The van der Waals surface area contributed by atoms with Crippen molar-refractivity contribution in [1.29, 1.82) is 0 Å². The van der Waals surface area contributed by atoms with Gasteiger partial charge in [0.05, 0.1) is 22.5 Å². The Labute approximate surface area is 256 Å². The van der Waals surface area contributed by atoms with E-state index in [4.69, 9.17) is 11.6 Å². The minimum absolute atomic E-state index is 0.0603. The first kappa shape index (κ1) is 33.4. The van der Waals surface area contributed by atoms with Crippen molar-refractivity contribution in [3.05, 3.63) is 99.0 Å². The summed E-state index contributed by atoms with van der Waals surface area (Å²) in [6.07, 6.45) is -3.30. The largest absolute Gasteiger partial charge is 0.417 e. The maximum Gasteiger partial charge on any atom is 0.417 e. The van der Waals surface area contributed by atoms with Gasteiger partial charge in [-0.2, -0.15) is 13.2 Å². The molecule has 0 aromatic heterocycles. The minimum Gasteiger partial charge on any atom is -0.354 e. The summed E-state index contributed by atoms with van der Waals surface area (Å²) in [4.78, 5) is 28.7. The molecule has 0 aliphatic carbocycles. The molecule has 0 aliphatic rings. The first-order valence-corrected chi connectivity index (χ1v) is 15.9. The molecule has 1 atom stereocenters. The molecule has 3 aromatic carbocycles. The van der Waals surface area contributed by atoms with Crippen LogP contribution in [0.15, 0.2) is 77.3 Å². The van der Waals surface area contributed by atoms with Crippen LogP contribution in [0.5, 0.6) is 0 Å². The first-order valence-electron chi connectivity index (χ1n) is 12.9. The highest BCUT2D eigenvalue weighted by molar-refractivity contribution is 9.10. The van der Waals surface area contributed by atoms with Gasteiger partial charge >= 0.3 is 6.18 Å². The molecule has 42 heavy (non-hydrogen) atoms. The van der Waals surface area contributed by atoms with Gasteiger partial charge in [-0.05, 0) is 47.9 Å². The lowest BCUT2D eigenvalue weighted by Crippen LogP contribution is -2.53. The second-order valence-electron chi connectivity index (χ2n) is 9.58. The fraction of sp³-hybridized carbons (Fsp3) is 0.310. The van der Waals surface area contributed by atoms with E-state index in [9.17, 15) is 31.2 Å². The molecule has 0 aliphatic heterocycles. The highest BCUT2D eigenvalue weighted by atomic mass is 79.9. The molecule has 0 unspecified atom stereocenters. The zero-order chi connectivity index (χ0) is 31.1. The predicted octanol–water partition coefficient (Wildman–Crippen LogP) is 6.05. The van der Waals surface area contributed by atoms with Gasteiger partial charge in [-0.3, -0.25) is 13.9 Å². The van der Waals surface area contributed by atoms with E-state index in [2.05, 4.69) is 21.2 Å². The summed E-state index contributed by atoms with van der Waals surface area (Å²) in [6.45, 7) is 1.32. The molecule has 0 heterocycles. The summed E-state index contributed by atoms with van der Waals surface area (Å²) in [5.41, 5.74) is -0.212. The maximum atomic E-state index is 14.0. The Kier molecular flexibility index (Phi) is 11.4. The van der Waals surface area contributed by atoms with Crippen LogP contribution in [-0.4, -0.2) is 50.5 Å². The zero-order valence-electron chi connectivity index (χ0n) is 22.9. The van der Waals surface area contributed by atoms with Gasteiger partial charge < -0.3 is 10.2 Å². The topological polar surface area (TPSA) is 86.8 Å². The van der Waals surface area contributed by atoms with E-state index in [1.165, 1.54) is 4.90 Å². The maximum absolute atomic E-state index is 14.0. The zero-order valence-corrected chi connectivity index (χ0v) is 26.0. The van der Waals surface area contributed by atoms with E-state index in [-0.39, 0.29) is 18.7 Å². The van der Waals surface area contributed by atoms with Crippen LogP contribution in [0.3, 0.4) is 0 Å². The number of benzene rings is 3. The minimum atomic E-state index is -4.86. The van der Waals surface area contributed by atoms with Gasteiger partial charge in [-0.1, -0.05) is 76.9 Å². The molecule has 0 fully saturated rings. The fourth-order valence-corrected chi connectivity index (χ4v) is 5.54. The second kappa shape index (κ2) is 14.4. The van der Waals surface area contributed by atoms with Gasteiger partial charge in [-0.25, -0.2) is 8.42 Å². The average molecular weight is 689 g/mol. The molecule has 13 heteroatoms. The summed E-state index contributed by atoms with van der Waals surface area (Å²) in [5.74, 6) is -1.22. The highest BCUT2D eigenvalue weighted by Crippen LogP contribution is 2.37. The summed E-state index contributed by atoms with van der Waals surface area (Å²) in [5, 5.41) is 2.20. The van der Waals surface area contributed by atoms with Gasteiger partial charge in [0.15, 0.2) is 0 Å². The SMILES string of the molecule is CCCNC(=O)[C@@H](Cc1ccccc1)N(Cc1ccc(Br)cc1)C(=O)CN(c1ccc(Cl)c(C(F)(F)F)c1)S(C)(=O)=O. The normalized spacial score (nSPS) is 12.5. The summed E-state index contributed by atoms with van der Waals surface area (Å²) >= 11 is 9.10. The Bertz CT molecular complexity index is 1490. The number of carbonyl (C=O) groups excluding carboxylic acids is 2. The molecule has 2 amide bonds. The number of amides is 2. The van der Waals surface area contributed by atoms with Crippen LogP contribution >= 0.6 is 27.5 Å². The molecular weight excluding hydrogens is 659 g/mol. The molecule has 0 saturated carbocycles. The van der Waals surface area contributed by atoms with Gasteiger partial charge in [0.2, 0.25) is 21.8 Å². The van der Waals surface area contributed by atoms with E-state index in [0.29, 0.717) is 28.9 Å². The number of carbonyl (C=O) groups is 2. The van der Waals surface area contributed by atoms with Crippen molar-refractivity contribution < 1.29 is 31.2 Å². The van der Waals surface area contributed by atoms with Crippen molar-refractivity contribution in [3.8, 4) is 0 Å². The van der Waals surface area contributed by atoms with E-state index in [1.807, 2.05) is 13.0 Å². The number of sulfonamides is 1. The first-order chi connectivity index (χ1) is 19.7. The van der Waals surface area contributed by atoms with Crippen LogP contribution in [0, 0.1) is 0 Å². The predicted molar refractivity (Wildman–Crippen MR) is 161 cm³/mol. The summed E-state index contributed by atoms with van der Waals surface area (Å²) in [6, 6.07) is 17.6. The molecule has 0 spiro atoms. The van der Waals surface area contributed by atoms with Gasteiger partial charge in [0.1, 0.15) is 12.6 Å². The highest BCUT2D eigenvalue weighted by Gasteiger charge is 2.36. The molecule has 1 N–H and O–H groups in total. The van der Waals surface area contributed by atoms with Crippen molar-refractivity contribution >= 4 is 55.1 Å². The van der Waals surface area contributed by atoms with Crippen molar-refractivity contribution in [2.45, 2.75) is 38.5 Å². The molecule has 7 nitrogen and oxygen atoms in total. The van der Waals surface area contributed by atoms with Crippen LogP contribution in [0.25, 0.3) is 0 Å². The molecular formula is C29H30BrClF3N3O4S. The second-order valence-corrected chi connectivity index (χ2v) is 12.8. The number of rotatable bonds is 12. The molecule has 3 rings (SSSR count). The van der Waals surface area contributed by atoms with Crippen LogP contribution in [0.1, 0.15) is 30.0 Å². The average Bonchev–Trinajstić information content (AvgIpc) is 2.93. The van der Waals surface area contributed by atoms with Crippen molar-refractivity contribution in [1.82, 2.24) is 10.2 Å². The Morgan fingerprint density at radius 2 is 1.64 bits per heavy atom. The Morgan fingerprint density at radius 3 is 2.21 bits per heavy atom. The number of nitrogens with one attached hydrogen (secondary N) is 1. The molecule has 0 radical (unpaired) electrons. The standard InChI is InChI=1S/C29H30BrClF3N3O4S/c1-3-15-35-28(39)26(16-20-7-5-4-6-8-20)36(18-21-9-11-22(30)12-10-21)27(38)19-37(42(2,40)41)23-13-14-25(31)24(17-23)29(32,33)34/h4-14,17,26H,3,15-16,18-19H2,1-2H3,(H,35,39)/t26-/m1/s1. The van der Waals surface area contributed by atoms with Crippen LogP contribution in [0.4, 0.5) is 18.9 Å². The molecule has 0 bridgehead atoms. The van der Waals surface area contributed by atoms with E-state index >= 15 is 0 Å².